The lowest BCUT2D eigenvalue weighted by molar-refractivity contribution is 0.178. The molecule has 14 heavy (non-hydrogen) atoms. The smallest absolute Gasteiger partial charge is 0.0893 e. The molecule has 0 saturated carbocycles. The Kier molecular flexibility index (Phi) is 15.2. The molecule has 0 bridgehead atoms. The molecule has 0 amide bonds. The Labute approximate surface area is 96.7 Å². The number of halogens is 1. The van der Waals surface area contributed by atoms with Gasteiger partial charge in [0.2, 0.25) is 0 Å². The summed E-state index contributed by atoms with van der Waals surface area (Å²) in [4.78, 5) is 1.00. The van der Waals surface area contributed by atoms with E-state index in [-0.39, 0.29) is 6.10 Å². The quantitative estimate of drug-likeness (QED) is 0.769. The van der Waals surface area contributed by atoms with Crippen LogP contribution in [0, 0.1) is 0 Å². The highest BCUT2D eigenvalue weighted by Gasteiger charge is 2.05. The van der Waals surface area contributed by atoms with Gasteiger partial charge in [-0.1, -0.05) is 33.8 Å². The lowest BCUT2D eigenvalue weighted by Gasteiger charge is -2.03. The molecule has 1 aromatic rings. The molecule has 0 aliphatic heterocycles. The first-order chi connectivity index (χ1) is 6.84. The van der Waals surface area contributed by atoms with Crippen molar-refractivity contribution in [2.75, 3.05) is 5.88 Å². The minimum Gasteiger partial charge on any atom is -0.388 e. The molecule has 0 fully saturated rings. The van der Waals surface area contributed by atoms with Crippen molar-refractivity contribution < 1.29 is 5.11 Å². The molecule has 0 aliphatic carbocycles. The Morgan fingerprint density at radius 2 is 1.93 bits per heavy atom. The molecule has 1 atom stereocenters. The molecular weight excluding hydrogens is 216 g/mol. The van der Waals surface area contributed by atoms with Crippen LogP contribution in [0.5, 0.6) is 0 Å². The first-order valence-electron chi connectivity index (χ1n) is 5.12. The third kappa shape index (κ3) is 7.36. The lowest BCUT2D eigenvalue weighted by atomic mass is 10.2. The summed E-state index contributed by atoms with van der Waals surface area (Å²) in [6.45, 7) is 8.00. The van der Waals surface area contributed by atoms with Crippen LogP contribution in [0.15, 0.2) is 17.5 Å². The molecule has 1 heterocycles. The van der Waals surface area contributed by atoms with Crippen LogP contribution in [0.2, 0.25) is 0 Å². The molecule has 0 spiro atoms. The van der Waals surface area contributed by atoms with Gasteiger partial charge in [0.05, 0.1) is 6.10 Å². The summed E-state index contributed by atoms with van der Waals surface area (Å²) in [5.74, 6) is 0.513. The van der Waals surface area contributed by atoms with Gasteiger partial charge < -0.3 is 5.11 Å². The van der Waals surface area contributed by atoms with Crippen molar-refractivity contribution in [2.24, 2.45) is 0 Å². The zero-order chi connectivity index (χ0) is 11.4. The van der Waals surface area contributed by atoms with Crippen molar-refractivity contribution >= 4 is 22.9 Å². The fourth-order valence-electron chi connectivity index (χ4n) is 0.726. The zero-order valence-electron chi connectivity index (χ0n) is 9.46. The van der Waals surface area contributed by atoms with Crippen LogP contribution < -0.4 is 0 Å². The van der Waals surface area contributed by atoms with Gasteiger partial charge in [-0.3, -0.25) is 0 Å². The van der Waals surface area contributed by atoms with Crippen LogP contribution in [0.3, 0.4) is 0 Å². The van der Waals surface area contributed by atoms with Crippen molar-refractivity contribution in [3.63, 3.8) is 0 Å². The van der Waals surface area contributed by atoms with Crippen molar-refractivity contribution in [3.05, 3.63) is 22.4 Å². The fraction of sp³-hybridized carbons (Fsp3) is 0.636. The van der Waals surface area contributed by atoms with E-state index < -0.39 is 0 Å². The van der Waals surface area contributed by atoms with Gasteiger partial charge in [0, 0.05) is 10.8 Å². The summed E-state index contributed by atoms with van der Waals surface area (Å²) in [6, 6.07) is 3.85. The summed E-state index contributed by atoms with van der Waals surface area (Å²) in [5, 5.41) is 11.3. The molecule has 1 N–H and O–H groups in total. The Balaban J connectivity index is 0. The number of hydrogen-bond acceptors (Lipinski definition) is 2. The van der Waals surface area contributed by atoms with Gasteiger partial charge in [0.15, 0.2) is 0 Å². The van der Waals surface area contributed by atoms with Crippen LogP contribution >= 0.6 is 22.9 Å². The average molecular weight is 237 g/mol. The number of hydrogen-bond donors (Lipinski definition) is 1. The molecular formula is C11H21ClOS. The first-order valence-corrected chi connectivity index (χ1v) is 6.53. The van der Waals surface area contributed by atoms with E-state index in [1.165, 1.54) is 0 Å². The maximum absolute atomic E-state index is 9.34. The van der Waals surface area contributed by atoms with Crippen LogP contribution in [-0.4, -0.2) is 11.0 Å². The largest absolute Gasteiger partial charge is 0.388 e. The molecule has 3 heteroatoms. The summed E-state index contributed by atoms with van der Waals surface area (Å²) in [7, 11) is 0. The van der Waals surface area contributed by atoms with Gasteiger partial charge in [-0.05, 0) is 17.9 Å². The Morgan fingerprint density at radius 1 is 1.36 bits per heavy atom. The highest BCUT2D eigenvalue weighted by molar-refractivity contribution is 7.10. The second kappa shape index (κ2) is 12.9. The maximum atomic E-state index is 9.34. The van der Waals surface area contributed by atoms with Gasteiger partial charge in [-0.15, -0.1) is 22.9 Å². The van der Waals surface area contributed by atoms with Gasteiger partial charge in [-0.2, -0.15) is 0 Å². The minimum absolute atomic E-state index is 0.363. The summed E-state index contributed by atoms with van der Waals surface area (Å²) >= 11 is 7.02. The monoisotopic (exact) mass is 236 g/mol. The van der Waals surface area contributed by atoms with E-state index in [0.717, 1.165) is 4.88 Å². The fourth-order valence-corrected chi connectivity index (χ4v) is 1.68. The van der Waals surface area contributed by atoms with Gasteiger partial charge >= 0.3 is 0 Å². The molecule has 0 saturated heterocycles. The molecule has 0 aromatic carbocycles. The second-order valence-electron chi connectivity index (χ2n) is 2.01. The summed E-state index contributed by atoms with van der Waals surface area (Å²) in [6.07, 6.45) is 0.278. The zero-order valence-corrected chi connectivity index (χ0v) is 11.0. The number of aliphatic hydroxyl groups is 1. The molecule has 84 valence electrons. The lowest BCUT2D eigenvalue weighted by Crippen LogP contribution is -1.93. The minimum atomic E-state index is -0.363. The van der Waals surface area contributed by atoms with Crippen LogP contribution in [0.1, 0.15) is 45.1 Å². The Morgan fingerprint density at radius 3 is 2.29 bits per heavy atom. The van der Waals surface area contributed by atoms with Gasteiger partial charge in [0.25, 0.3) is 0 Å². The van der Waals surface area contributed by atoms with E-state index in [1.807, 2.05) is 45.2 Å². The van der Waals surface area contributed by atoms with E-state index in [0.29, 0.717) is 12.3 Å². The standard InChI is InChI=1S/C7H9ClOS.2C2H6/c8-4-3-6(9)7-2-1-5-10-7;2*1-2/h1-2,5-6,9H,3-4H2;2*1-2H3. The molecule has 1 nitrogen and oxygen atoms in total. The number of alkyl halides is 1. The third-order valence-corrected chi connectivity index (χ3v) is 2.45. The van der Waals surface area contributed by atoms with Crippen molar-refractivity contribution in [1.29, 1.82) is 0 Å². The average Bonchev–Trinajstić information content (AvgIpc) is 2.77. The number of aliphatic hydroxyl groups excluding tert-OH is 1. The summed E-state index contributed by atoms with van der Waals surface area (Å²) < 4.78 is 0. The highest BCUT2D eigenvalue weighted by Crippen LogP contribution is 2.21. The highest BCUT2D eigenvalue weighted by atomic mass is 35.5. The van der Waals surface area contributed by atoms with Crippen molar-refractivity contribution in [2.45, 2.75) is 40.2 Å². The topological polar surface area (TPSA) is 20.2 Å². The maximum Gasteiger partial charge on any atom is 0.0893 e. The van der Waals surface area contributed by atoms with E-state index in [2.05, 4.69) is 0 Å². The van der Waals surface area contributed by atoms with Crippen LogP contribution in [0.4, 0.5) is 0 Å². The van der Waals surface area contributed by atoms with Gasteiger partial charge in [-0.25, -0.2) is 0 Å². The van der Waals surface area contributed by atoms with Crippen molar-refractivity contribution in [3.8, 4) is 0 Å². The number of rotatable bonds is 3. The second-order valence-corrected chi connectivity index (χ2v) is 3.37. The molecule has 1 rings (SSSR count). The predicted octanol–water partition coefficient (Wildman–Crippen LogP) is 4.46. The Bertz CT molecular complexity index is 175. The SMILES string of the molecule is CC.CC.OC(CCCl)c1cccs1. The summed E-state index contributed by atoms with van der Waals surface area (Å²) in [5.41, 5.74) is 0. The van der Waals surface area contributed by atoms with Crippen LogP contribution in [-0.2, 0) is 0 Å². The predicted molar refractivity (Wildman–Crippen MR) is 67.3 cm³/mol. The molecule has 0 aliphatic rings. The Hall–Kier alpha value is -0.0500. The normalized spacial score (nSPS) is 10.4. The van der Waals surface area contributed by atoms with E-state index in [1.54, 1.807) is 11.3 Å². The van der Waals surface area contributed by atoms with Crippen LogP contribution in [0.25, 0.3) is 0 Å². The number of thiophene rings is 1. The van der Waals surface area contributed by atoms with Crippen molar-refractivity contribution in [1.82, 2.24) is 0 Å². The first kappa shape index (κ1) is 16.4. The van der Waals surface area contributed by atoms with E-state index in [9.17, 15) is 5.11 Å². The third-order valence-electron chi connectivity index (χ3n) is 1.25. The van der Waals surface area contributed by atoms with E-state index in [4.69, 9.17) is 11.6 Å². The molecule has 1 unspecified atom stereocenters. The van der Waals surface area contributed by atoms with Gasteiger partial charge in [0.1, 0.15) is 0 Å². The molecule has 0 radical (unpaired) electrons. The van der Waals surface area contributed by atoms with E-state index >= 15 is 0 Å². The molecule has 1 aromatic heterocycles.